The number of hydrogen-bond acceptors (Lipinski definition) is 4. The Kier molecular flexibility index (Phi) is 8.80. The van der Waals surface area contributed by atoms with E-state index in [9.17, 15) is 9.59 Å². The molecule has 5 heteroatoms. The summed E-state index contributed by atoms with van der Waals surface area (Å²) in [6.07, 6.45) is 6.25. The third-order valence-electron chi connectivity index (χ3n) is 3.75. The lowest BCUT2D eigenvalue weighted by Crippen LogP contribution is -2.03. The van der Waals surface area contributed by atoms with E-state index in [-0.39, 0.29) is 12.2 Å². The highest BCUT2D eigenvalue weighted by molar-refractivity contribution is 5.99. The first-order chi connectivity index (χ1) is 11.1. The summed E-state index contributed by atoms with van der Waals surface area (Å²) in [5.74, 6) is 0.548. The maximum absolute atomic E-state index is 12.3. The number of Topliss-reactive ketones (excluding diaryl/α,β-unsaturated/α-hetero) is 1. The Morgan fingerprint density at radius 1 is 0.913 bits per heavy atom. The van der Waals surface area contributed by atoms with Crippen molar-refractivity contribution in [3.63, 3.8) is 0 Å². The van der Waals surface area contributed by atoms with Crippen LogP contribution in [0.4, 0.5) is 0 Å². The average Bonchev–Trinajstić information content (AvgIpc) is 2.56. The van der Waals surface area contributed by atoms with Gasteiger partial charge in [-0.2, -0.15) is 0 Å². The number of benzene rings is 1. The molecule has 0 unspecified atom stereocenters. The maximum Gasteiger partial charge on any atom is 0.303 e. The van der Waals surface area contributed by atoms with Gasteiger partial charge in [-0.1, -0.05) is 25.7 Å². The molecular weight excluding hydrogens is 296 g/mol. The Morgan fingerprint density at radius 2 is 1.52 bits per heavy atom. The molecular formula is C18H26O5. The summed E-state index contributed by atoms with van der Waals surface area (Å²) in [4.78, 5) is 22.7. The van der Waals surface area contributed by atoms with E-state index in [0.717, 1.165) is 38.5 Å². The van der Waals surface area contributed by atoms with Crippen LogP contribution >= 0.6 is 0 Å². The zero-order chi connectivity index (χ0) is 17.1. The van der Waals surface area contributed by atoms with Gasteiger partial charge in [-0.15, -0.1) is 0 Å². The van der Waals surface area contributed by atoms with Crippen molar-refractivity contribution in [2.75, 3.05) is 14.2 Å². The van der Waals surface area contributed by atoms with E-state index < -0.39 is 5.97 Å². The van der Waals surface area contributed by atoms with Crippen LogP contribution in [0.3, 0.4) is 0 Å². The fourth-order valence-electron chi connectivity index (χ4n) is 2.44. The molecule has 0 amide bonds. The van der Waals surface area contributed by atoms with Gasteiger partial charge in [0.25, 0.3) is 0 Å². The number of carboxylic acid groups (broad SMARTS) is 1. The molecule has 23 heavy (non-hydrogen) atoms. The van der Waals surface area contributed by atoms with Gasteiger partial charge < -0.3 is 14.6 Å². The summed E-state index contributed by atoms with van der Waals surface area (Å²) < 4.78 is 10.4. The second kappa shape index (κ2) is 10.6. The van der Waals surface area contributed by atoms with Crippen LogP contribution < -0.4 is 9.47 Å². The monoisotopic (exact) mass is 322 g/mol. The molecule has 0 radical (unpaired) electrons. The quantitative estimate of drug-likeness (QED) is 0.463. The zero-order valence-electron chi connectivity index (χ0n) is 14.0. The van der Waals surface area contributed by atoms with Crippen LogP contribution in [0.5, 0.6) is 11.5 Å². The fraction of sp³-hybridized carbons (Fsp3) is 0.556. The topological polar surface area (TPSA) is 72.8 Å². The van der Waals surface area contributed by atoms with E-state index in [1.165, 1.54) is 0 Å². The van der Waals surface area contributed by atoms with Gasteiger partial charge in [0, 0.05) is 12.8 Å². The molecule has 0 aliphatic rings. The second-order valence-electron chi connectivity index (χ2n) is 5.50. The maximum atomic E-state index is 12.3. The van der Waals surface area contributed by atoms with E-state index >= 15 is 0 Å². The Bertz CT molecular complexity index is 510. The number of ketones is 1. The molecule has 1 rings (SSSR count). The minimum absolute atomic E-state index is 0.0617. The van der Waals surface area contributed by atoms with Crippen LogP contribution in [0.1, 0.15) is 61.7 Å². The predicted molar refractivity (Wildman–Crippen MR) is 88.4 cm³/mol. The number of hydrogen-bond donors (Lipinski definition) is 1. The summed E-state index contributed by atoms with van der Waals surface area (Å²) in [6.45, 7) is 0. The molecule has 0 spiro atoms. The number of ether oxygens (including phenoxy) is 2. The summed E-state index contributed by atoms with van der Waals surface area (Å²) in [5.41, 5.74) is 0.563. The van der Waals surface area contributed by atoms with Crippen LogP contribution in [-0.2, 0) is 4.79 Å². The summed E-state index contributed by atoms with van der Waals surface area (Å²) in [6, 6.07) is 5.23. The Balaban J connectivity index is 2.30. The zero-order valence-corrected chi connectivity index (χ0v) is 14.0. The SMILES string of the molecule is COc1ccc(OC)c(C(=O)CCCCCCCCC(=O)O)c1. The molecule has 0 aromatic heterocycles. The van der Waals surface area contributed by atoms with Crippen molar-refractivity contribution in [3.05, 3.63) is 23.8 Å². The van der Waals surface area contributed by atoms with Crippen molar-refractivity contribution < 1.29 is 24.2 Å². The van der Waals surface area contributed by atoms with E-state index in [4.69, 9.17) is 14.6 Å². The normalized spacial score (nSPS) is 10.3. The molecule has 0 saturated carbocycles. The van der Waals surface area contributed by atoms with Gasteiger partial charge in [-0.25, -0.2) is 0 Å². The van der Waals surface area contributed by atoms with Gasteiger partial charge in [0.05, 0.1) is 19.8 Å². The molecule has 0 fully saturated rings. The van der Waals surface area contributed by atoms with Gasteiger partial charge in [-0.3, -0.25) is 9.59 Å². The van der Waals surface area contributed by atoms with Crippen LogP contribution in [0.2, 0.25) is 0 Å². The third-order valence-corrected chi connectivity index (χ3v) is 3.75. The standard InChI is InChI=1S/C18H26O5/c1-22-14-11-12-17(23-2)15(13-14)16(19)9-7-5-3-4-6-8-10-18(20)21/h11-13H,3-10H2,1-2H3,(H,20,21). The van der Waals surface area contributed by atoms with Gasteiger partial charge >= 0.3 is 5.97 Å². The highest BCUT2D eigenvalue weighted by Gasteiger charge is 2.13. The van der Waals surface area contributed by atoms with Crippen molar-refractivity contribution in [2.24, 2.45) is 0 Å². The number of rotatable bonds is 12. The lowest BCUT2D eigenvalue weighted by atomic mass is 10.0. The predicted octanol–water partition coefficient (Wildman–Crippen LogP) is 4.09. The smallest absolute Gasteiger partial charge is 0.303 e. The van der Waals surface area contributed by atoms with Crippen LogP contribution in [0.25, 0.3) is 0 Å². The Hall–Kier alpha value is -2.04. The van der Waals surface area contributed by atoms with E-state index in [0.29, 0.717) is 23.5 Å². The molecule has 0 aliphatic carbocycles. The largest absolute Gasteiger partial charge is 0.497 e. The number of carbonyl (C=O) groups excluding carboxylic acids is 1. The van der Waals surface area contributed by atoms with Crippen LogP contribution in [-0.4, -0.2) is 31.1 Å². The molecule has 0 heterocycles. The van der Waals surface area contributed by atoms with Gasteiger partial charge in [-0.05, 0) is 31.0 Å². The summed E-state index contributed by atoms with van der Waals surface area (Å²) >= 11 is 0. The van der Waals surface area contributed by atoms with Crippen LogP contribution in [0.15, 0.2) is 18.2 Å². The van der Waals surface area contributed by atoms with Crippen molar-refractivity contribution in [1.82, 2.24) is 0 Å². The lowest BCUT2D eigenvalue weighted by Gasteiger charge is -2.09. The van der Waals surface area contributed by atoms with Gasteiger partial charge in [0.2, 0.25) is 0 Å². The first-order valence-electron chi connectivity index (χ1n) is 8.05. The molecule has 1 N–H and O–H groups in total. The second-order valence-corrected chi connectivity index (χ2v) is 5.50. The Morgan fingerprint density at radius 3 is 2.09 bits per heavy atom. The van der Waals surface area contributed by atoms with Crippen molar-refractivity contribution in [2.45, 2.75) is 51.4 Å². The minimum atomic E-state index is -0.733. The van der Waals surface area contributed by atoms with Crippen molar-refractivity contribution in [1.29, 1.82) is 0 Å². The summed E-state index contributed by atoms with van der Waals surface area (Å²) in [7, 11) is 3.12. The molecule has 0 saturated heterocycles. The van der Waals surface area contributed by atoms with Gasteiger partial charge in [0.1, 0.15) is 11.5 Å². The van der Waals surface area contributed by atoms with Crippen LogP contribution in [0, 0.1) is 0 Å². The van der Waals surface area contributed by atoms with E-state index in [1.54, 1.807) is 32.4 Å². The van der Waals surface area contributed by atoms with Gasteiger partial charge in [0.15, 0.2) is 5.78 Å². The Labute approximate surface area is 137 Å². The lowest BCUT2D eigenvalue weighted by molar-refractivity contribution is -0.137. The highest BCUT2D eigenvalue weighted by atomic mass is 16.5. The molecule has 0 aliphatic heterocycles. The highest BCUT2D eigenvalue weighted by Crippen LogP contribution is 2.25. The molecule has 0 atom stereocenters. The third kappa shape index (κ3) is 7.17. The first-order valence-corrected chi connectivity index (χ1v) is 8.05. The minimum Gasteiger partial charge on any atom is -0.497 e. The molecule has 5 nitrogen and oxygen atoms in total. The molecule has 1 aromatic carbocycles. The number of carbonyl (C=O) groups is 2. The number of methoxy groups -OCH3 is 2. The van der Waals surface area contributed by atoms with E-state index in [2.05, 4.69) is 0 Å². The first kappa shape index (κ1) is 19.0. The average molecular weight is 322 g/mol. The molecule has 0 bridgehead atoms. The van der Waals surface area contributed by atoms with E-state index in [1.807, 2.05) is 0 Å². The number of unbranched alkanes of at least 4 members (excludes halogenated alkanes) is 5. The number of aliphatic carboxylic acids is 1. The molecule has 1 aromatic rings. The van der Waals surface area contributed by atoms with Crippen molar-refractivity contribution >= 4 is 11.8 Å². The number of carboxylic acids is 1. The summed E-state index contributed by atoms with van der Waals surface area (Å²) in [5, 5.41) is 8.55. The molecule has 128 valence electrons. The fourth-order valence-corrected chi connectivity index (χ4v) is 2.44. The van der Waals surface area contributed by atoms with Crippen molar-refractivity contribution in [3.8, 4) is 11.5 Å².